The zero-order valence-corrected chi connectivity index (χ0v) is 15.8. The van der Waals surface area contributed by atoms with E-state index in [9.17, 15) is 4.79 Å². The highest BCUT2D eigenvalue weighted by Crippen LogP contribution is 2.33. The SMILES string of the molecule is Cn1cncc1Cn1nc(-c2c(-c3ccccc3)nn3ccccc23)ccc1=O. The quantitative estimate of drug-likeness (QED) is 0.479. The number of imidazole rings is 1. The van der Waals surface area contributed by atoms with Crippen molar-refractivity contribution < 1.29 is 0 Å². The predicted octanol–water partition coefficient (Wildman–Crippen LogP) is 3.01. The van der Waals surface area contributed by atoms with E-state index in [0.29, 0.717) is 12.2 Å². The summed E-state index contributed by atoms with van der Waals surface area (Å²) >= 11 is 0. The van der Waals surface area contributed by atoms with Crippen molar-refractivity contribution in [1.29, 1.82) is 0 Å². The molecule has 7 nitrogen and oxygen atoms in total. The maximum Gasteiger partial charge on any atom is 0.267 e. The van der Waals surface area contributed by atoms with E-state index in [1.165, 1.54) is 4.68 Å². The maximum atomic E-state index is 12.4. The number of rotatable bonds is 4. The standard InChI is InChI=1S/C22H18N6O/c1-26-15-23-13-17(26)14-28-20(29)11-10-18(24-28)21-19-9-5-6-12-27(19)25-22(21)16-7-3-2-4-8-16/h2-13,15H,14H2,1H3. The summed E-state index contributed by atoms with van der Waals surface area (Å²) in [4.78, 5) is 16.6. The van der Waals surface area contributed by atoms with Gasteiger partial charge >= 0.3 is 0 Å². The second-order valence-electron chi connectivity index (χ2n) is 6.83. The molecule has 4 heterocycles. The van der Waals surface area contributed by atoms with Crippen molar-refractivity contribution in [3.05, 3.63) is 95.4 Å². The molecule has 0 fully saturated rings. The highest BCUT2D eigenvalue weighted by molar-refractivity contribution is 5.90. The van der Waals surface area contributed by atoms with Crippen molar-refractivity contribution in [3.63, 3.8) is 0 Å². The van der Waals surface area contributed by atoms with Crippen LogP contribution in [0.25, 0.3) is 28.0 Å². The van der Waals surface area contributed by atoms with Crippen LogP contribution in [-0.4, -0.2) is 28.9 Å². The van der Waals surface area contributed by atoms with Gasteiger partial charge in [-0.25, -0.2) is 14.2 Å². The molecule has 0 N–H and O–H groups in total. The van der Waals surface area contributed by atoms with E-state index in [1.807, 2.05) is 70.9 Å². The van der Waals surface area contributed by atoms with E-state index >= 15 is 0 Å². The monoisotopic (exact) mass is 382 g/mol. The van der Waals surface area contributed by atoms with Gasteiger partial charge in [-0.1, -0.05) is 36.4 Å². The zero-order chi connectivity index (χ0) is 19.8. The van der Waals surface area contributed by atoms with E-state index in [4.69, 9.17) is 5.10 Å². The van der Waals surface area contributed by atoms with Gasteiger partial charge in [0, 0.05) is 24.9 Å². The lowest BCUT2D eigenvalue weighted by Gasteiger charge is -2.08. The van der Waals surface area contributed by atoms with E-state index in [2.05, 4.69) is 10.1 Å². The van der Waals surface area contributed by atoms with Gasteiger partial charge in [0.1, 0.15) is 5.69 Å². The third-order valence-electron chi connectivity index (χ3n) is 4.94. The number of hydrogen-bond donors (Lipinski definition) is 0. The van der Waals surface area contributed by atoms with Crippen molar-refractivity contribution in [3.8, 4) is 22.5 Å². The first-order chi connectivity index (χ1) is 14.2. The first-order valence-electron chi connectivity index (χ1n) is 9.27. The Hall–Kier alpha value is -4.00. The van der Waals surface area contributed by atoms with Crippen molar-refractivity contribution in [1.82, 2.24) is 28.9 Å². The van der Waals surface area contributed by atoms with Crippen molar-refractivity contribution in [2.75, 3.05) is 0 Å². The Bertz CT molecular complexity index is 1360. The van der Waals surface area contributed by atoms with Crippen molar-refractivity contribution in [2.45, 2.75) is 6.54 Å². The molecule has 0 spiro atoms. The van der Waals surface area contributed by atoms with E-state index in [-0.39, 0.29) is 5.56 Å². The molecule has 0 aliphatic carbocycles. The summed E-state index contributed by atoms with van der Waals surface area (Å²) in [5.41, 5.74) is 5.10. The molecule has 0 atom stereocenters. The lowest BCUT2D eigenvalue weighted by molar-refractivity contribution is 0.613. The van der Waals surface area contributed by atoms with Gasteiger partial charge < -0.3 is 4.57 Å². The summed E-state index contributed by atoms with van der Waals surface area (Å²) in [6.45, 7) is 0.350. The number of aryl methyl sites for hydroxylation is 1. The Morgan fingerprint density at radius 3 is 2.55 bits per heavy atom. The Morgan fingerprint density at radius 1 is 0.931 bits per heavy atom. The van der Waals surface area contributed by atoms with Gasteiger partial charge in [0.15, 0.2) is 0 Å². The highest BCUT2D eigenvalue weighted by Gasteiger charge is 2.18. The van der Waals surface area contributed by atoms with Crippen LogP contribution < -0.4 is 5.56 Å². The summed E-state index contributed by atoms with van der Waals surface area (Å²) < 4.78 is 5.19. The van der Waals surface area contributed by atoms with Crippen LogP contribution in [-0.2, 0) is 13.6 Å². The molecule has 5 rings (SSSR count). The van der Waals surface area contributed by atoms with E-state index in [1.54, 1.807) is 24.7 Å². The predicted molar refractivity (Wildman–Crippen MR) is 110 cm³/mol. The summed E-state index contributed by atoms with van der Waals surface area (Å²) in [5, 5.41) is 9.45. The van der Waals surface area contributed by atoms with Crippen LogP contribution in [0, 0.1) is 0 Å². The van der Waals surface area contributed by atoms with E-state index < -0.39 is 0 Å². The molecule has 0 unspecified atom stereocenters. The summed E-state index contributed by atoms with van der Waals surface area (Å²) in [6, 6.07) is 19.2. The van der Waals surface area contributed by atoms with Gasteiger partial charge in [-0.15, -0.1) is 0 Å². The van der Waals surface area contributed by atoms with Crippen LogP contribution in [0.5, 0.6) is 0 Å². The molecule has 0 amide bonds. The first-order valence-corrected chi connectivity index (χ1v) is 9.27. The molecule has 0 aliphatic heterocycles. The Morgan fingerprint density at radius 2 is 1.76 bits per heavy atom. The molecule has 0 radical (unpaired) electrons. The second kappa shape index (κ2) is 6.87. The summed E-state index contributed by atoms with van der Waals surface area (Å²) in [7, 11) is 1.90. The first kappa shape index (κ1) is 17.1. The fraction of sp³-hybridized carbons (Fsp3) is 0.0909. The van der Waals surface area contributed by atoms with Gasteiger partial charge in [0.05, 0.1) is 41.5 Å². The Kier molecular flexibility index (Phi) is 4.05. The van der Waals surface area contributed by atoms with Crippen molar-refractivity contribution in [2.24, 2.45) is 7.05 Å². The molecule has 4 aromatic heterocycles. The third kappa shape index (κ3) is 3.02. The molecule has 5 aromatic rings. The fourth-order valence-electron chi connectivity index (χ4n) is 3.44. The molecule has 0 bridgehead atoms. The Balaban J connectivity index is 1.71. The number of pyridine rings is 1. The van der Waals surface area contributed by atoms with Crippen LogP contribution in [0.15, 0.2) is 84.2 Å². The third-order valence-corrected chi connectivity index (χ3v) is 4.94. The molecule has 0 saturated carbocycles. The minimum Gasteiger partial charge on any atom is -0.336 e. The van der Waals surface area contributed by atoms with Gasteiger partial charge in [0.25, 0.3) is 5.56 Å². The molecular weight excluding hydrogens is 364 g/mol. The summed E-state index contributed by atoms with van der Waals surface area (Å²) in [6.07, 6.45) is 5.37. The number of hydrogen-bond acceptors (Lipinski definition) is 4. The van der Waals surface area contributed by atoms with Crippen molar-refractivity contribution >= 4 is 5.52 Å². The van der Waals surface area contributed by atoms with Crippen LogP contribution in [0.1, 0.15) is 5.69 Å². The smallest absolute Gasteiger partial charge is 0.267 e. The number of benzene rings is 1. The molecular formula is C22H18N6O. The Labute approximate surface area is 166 Å². The number of nitrogens with zero attached hydrogens (tertiary/aromatic N) is 6. The van der Waals surface area contributed by atoms with Crippen LogP contribution in [0.3, 0.4) is 0 Å². The highest BCUT2D eigenvalue weighted by atomic mass is 16.1. The molecule has 0 aliphatic rings. The summed E-state index contributed by atoms with van der Waals surface area (Å²) in [5.74, 6) is 0. The van der Waals surface area contributed by atoms with Gasteiger partial charge in [-0.05, 0) is 18.2 Å². The topological polar surface area (TPSA) is 70.0 Å². The van der Waals surface area contributed by atoms with Gasteiger partial charge in [-0.2, -0.15) is 10.2 Å². The second-order valence-corrected chi connectivity index (χ2v) is 6.83. The lowest BCUT2D eigenvalue weighted by atomic mass is 10.0. The minimum absolute atomic E-state index is 0.160. The number of aromatic nitrogens is 6. The largest absolute Gasteiger partial charge is 0.336 e. The van der Waals surface area contributed by atoms with Gasteiger partial charge in [0.2, 0.25) is 0 Å². The van der Waals surface area contributed by atoms with Crippen LogP contribution >= 0.6 is 0 Å². The molecule has 0 saturated heterocycles. The van der Waals surface area contributed by atoms with Gasteiger partial charge in [-0.3, -0.25) is 4.79 Å². The lowest BCUT2D eigenvalue weighted by Crippen LogP contribution is -2.23. The zero-order valence-electron chi connectivity index (χ0n) is 15.8. The molecule has 7 heteroatoms. The van der Waals surface area contributed by atoms with E-state index in [0.717, 1.165) is 28.0 Å². The normalized spacial score (nSPS) is 11.2. The van der Waals surface area contributed by atoms with Crippen LogP contribution in [0.4, 0.5) is 0 Å². The number of fused-ring (bicyclic) bond motifs is 1. The molecule has 142 valence electrons. The minimum atomic E-state index is -0.160. The molecule has 29 heavy (non-hydrogen) atoms. The maximum absolute atomic E-state index is 12.4. The molecule has 1 aromatic carbocycles. The van der Waals surface area contributed by atoms with Crippen LogP contribution in [0.2, 0.25) is 0 Å². The average Bonchev–Trinajstić information content (AvgIpc) is 3.34. The average molecular weight is 382 g/mol. The fourth-order valence-corrected chi connectivity index (χ4v) is 3.44.